The van der Waals surface area contributed by atoms with Crippen LogP contribution in [0.3, 0.4) is 0 Å². The zero-order valence-corrected chi connectivity index (χ0v) is 13.1. The Morgan fingerprint density at radius 2 is 1.81 bits per heavy atom. The van der Waals surface area contributed by atoms with Crippen LogP contribution in [-0.4, -0.2) is 41.5 Å². The van der Waals surface area contributed by atoms with Gasteiger partial charge in [-0.05, 0) is 25.7 Å². The fourth-order valence-corrected chi connectivity index (χ4v) is 4.08. The highest BCUT2D eigenvalue weighted by Gasteiger charge is 2.49. The van der Waals surface area contributed by atoms with Crippen LogP contribution >= 0.6 is 0 Å². The van der Waals surface area contributed by atoms with Crippen molar-refractivity contribution >= 4 is 11.9 Å². The number of rotatable bonds is 5. The molecule has 1 aliphatic carbocycles. The van der Waals surface area contributed by atoms with Gasteiger partial charge in [-0.15, -0.1) is 0 Å². The second-order valence-electron chi connectivity index (χ2n) is 6.86. The molecule has 1 unspecified atom stereocenters. The first kappa shape index (κ1) is 16.3. The van der Waals surface area contributed by atoms with E-state index in [2.05, 4.69) is 0 Å². The average Bonchev–Trinajstić information content (AvgIpc) is 2.93. The Morgan fingerprint density at radius 3 is 2.33 bits per heavy atom. The second kappa shape index (κ2) is 6.34. The molecule has 2 aliphatic rings. The van der Waals surface area contributed by atoms with Crippen LogP contribution in [-0.2, 0) is 9.59 Å². The molecule has 1 atom stereocenters. The molecule has 5 nitrogen and oxygen atoms in total. The van der Waals surface area contributed by atoms with Crippen molar-refractivity contribution in [3.8, 4) is 0 Å². The Balaban J connectivity index is 2.12. The third-order valence-electron chi connectivity index (χ3n) is 5.48. The summed E-state index contributed by atoms with van der Waals surface area (Å²) >= 11 is 0. The second-order valence-corrected chi connectivity index (χ2v) is 6.86. The van der Waals surface area contributed by atoms with Gasteiger partial charge in [0.25, 0.3) is 0 Å². The van der Waals surface area contributed by atoms with Gasteiger partial charge in [0.1, 0.15) is 0 Å². The number of amides is 1. The summed E-state index contributed by atoms with van der Waals surface area (Å²) in [5.74, 6) is -0.658. The molecule has 0 spiro atoms. The number of hydrogen-bond acceptors (Lipinski definition) is 3. The lowest BCUT2D eigenvalue weighted by Gasteiger charge is -2.38. The van der Waals surface area contributed by atoms with Gasteiger partial charge in [-0.3, -0.25) is 9.59 Å². The monoisotopic (exact) mass is 296 g/mol. The third kappa shape index (κ3) is 2.93. The van der Waals surface area contributed by atoms with Crippen LogP contribution < -0.4 is 5.73 Å². The molecule has 21 heavy (non-hydrogen) atoms. The normalized spacial score (nSPS) is 28.6. The summed E-state index contributed by atoms with van der Waals surface area (Å²) in [6.45, 7) is 3.30. The van der Waals surface area contributed by atoms with E-state index in [9.17, 15) is 14.7 Å². The first-order valence-electron chi connectivity index (χ1n) is 8.22. The van der Waals surface area contributed by atoms with Gasteiger partial charge in [-0.1, -0.05) is 32.6 Å². The lowest BCUT2D eigenvalue weighted by atomic mass is 9.73. The van der Waals surface area contributed by atoms with Crippen LogP contribution in [0.15, 0.2) is 0 Å². The highest BCUT2D eigenvalue weighted by molar-refractivity contribution is 5.85. The molecule has 120 valence electrons. The molecule has 0 aromatic rings. The number of likely N-dealkylation sites (tertiary alicyclic amines) is 1. The topological polar surface area (TPSA) is 83.6 Å². The van der Waals surface area contributed by atoms with Crippen LogP contribution in [0.4, 0.5) is 0 Å². The SMILES string of the molecule is CCCC1(C(=O)O)CCN(C(=O)C2(CN)CCCCC2)C1. The molecular weight excluding hydrogens is 268 g/mol. The Morgan fingerprint density at radius 1 is 1.14 bits per heavy atom. The number of carboxylic acids is 1. The Bertz CT molecular complexity index is 404. The van der Waals surface area contributed by atoms with Gasteiger partial charge in [0.15, 0.2) is 0 Å². The van der Waals surface area contributed by atoms with E-state index in [1.807, 2.05) is 6.92 Å². The van der Waals surface area contributed by atoms with Gasteiger partial charge in [-0.25, -0.2) is 0 Å². The molecule has 0 radical (unpaired) electrons. The standard InChI is InChI=1S/C16H28N2O3/c1-2-6-16(14(20)21)9-10-18(12-16)13(19)15(11-17)7-4-3-5-8-15/h2-12,17H2,1H3,(H,20,21). The highest BCUT2D eigenvalue weighted by atomic mass is 16.4. The number of hydrogen-bond donors (Lipinski definition) is 2. The number of carbonyl (C=O) groups is 2. The minimum atomic E-state index is -0.759. The highest BCUT2D eigenvalue weighted by Crippen LogP contribution is 2.41. The summed E-state index contributed by atoms with van der Waals surface area (Å²) < 4.78 is 0. The smallest absolute Gasteiger partial charge is 0.311 e. The molecule has 2 fully saturated rings. The van der Waals surface area contributed by atoms with Crippen molar-refractivity contribution < 1.29 is 14.7 Å². The average molecular weight is 296 g/mol. The van der Waals surface area contributed by atoms with Crippen LogP contribution in [0.25, 0.3) is 0 Å². The van der Waals surface area contributed by atoms with Gasteiger partial charge in [0, 0.05) is 19.6 Å². The van der Waals surface area contributed by atoms with Crippen molar-refractivity contribution in [2.75, 3.05) is 19.6 Å². The van der Waals surface area contributed by atoms with Crippen LogP contribution in [0, 0.1) is 10.8 Å². The summed E-state index contributed by atoms with van der Waals surface area (Å²) in [6, 6.07) is 0. The Hall–Kier alpha value is -1.10. The molecule has 1 saturated carbocycles. The summed E-state index contributed by atoms with van der Waals surface area (Å²) in [4.78, 5) is 26.3. The number of nitrogens with zero attached hydrogens (tertiary/aromatic N) is 1. The minimum Gasteiger partial charge on any atom is -0.481 e. The summed E-state index contributed by atoms with van der Waals surface area (Å²) in [6.07, 6.45) is 7.02. The van der Waals surface area contributed by atoms with E-state index in [-0.39, 0.29) is 5.91 Å². The van der Waals surface area contributed by atoms with E-state index < -0.39 is 16.8 Å². The van der Waals surface area contributed by atoms with E-state index in [0.717, 1.165) is 32.1 Å². The van der Waals surface area contributed by atoms with Crippen molar-refractivity contribution in [2.24, 2.45) is 16.6 Å². The number of carbonyl (C=O) groups excluding carboxylic acids is 1. The van der Waals surface area contributed by atoms with Crippen molar-refractivity contribution in [1.82, 2.24) is 4.90 Å². The Kier molecular flexibility index (Phi) is 4.91. The van der Waals surface area contributed by atoms with Crippen molar-refractivity contribution in [3.05, 3.63) is 0 Å². The molecule has 1 saturated heterocycles. The molecule has 0 bridgehead atoms. The first-order valence-corrected chi connectivity index (χ1v) is 8.22. The van der Waals surface area contributed by atoms with Crippen molar-refractivity contribution in [3.63, 3.8) is 0 Å². The number of nitrogens with two attached hydrogens (primary N) is 1. The first-order chi connectivity index (χ1) is 9.99. The molecule has 0 aromatic heterocycles. The molecule has 1 aliphatic heterocycles. The largest absolute Gasteiger partial charge is 0.481 e. The van der Waals surface area contributed by atoms with Crippen LogP contribution in [0.5, 0.6) is 0 Å². The zero-order valence-electron chi connectivity index (χ0n) is 13.1. The molecule has 0 aromatic carbocycles. The van der Waals surface area contributed by atoms with Gasteiger partial charge in [0.2, 0.25) is 5.91 Å². The summed E-state index contributed by atoms with van der Waals surface area (Å²) in [5, 5.41) is 9.56. The molecule has 2 rings (SSSR count). The molecule has 1 amide bonds. The van der Waals surface area contributed by atoms with E-state index in [0.29, 0.717) is 32.5 Å². The van der Waals surface area contributed by atoms with Gasteiger partial charge in [-0.2, -0.15) is 0 Å². The minimum absolute atomic E-state index is 0.101. The van der Waals surface area contributed by atoms with Gasteiger partial charge in [0.05, 0.1) is 10.8 Å². The van der Waals surface area contributed by atoms with E-state index in [1.165, 1.54) is 6.42 Å². The maximum atomic E-state index is 12.9. The molecule has 3 N–H and O–H groups in total. The predicted molar refractivity (Wildman–Crippen MR) is 80.7 cm³/mol. The third-order valence-corrected chi connectivity index (χ3v) is 5.48. The number of aliphatic carboxylic acids is 1. The van der Waals surface area contributed by atoms with E-state index in [4.69, 9.17) is 5.73 Å². The van der Waals surface area contributed by atoms with Crippen LogP contribution in [0.2, 0.25) is 0 Å². The van der Waals surface area contributed by atoms with Gasteiger partial charge >= 0.3 is 5.97 Å². The lowest BCUT2D eigenvalue weighted by Crippen LogP contribution is -2.49. The molecular formula is C16H28N2O3. The van der Waals surface area contributed by atoms with E-state index >= 15 is 0 Å². The van der Waals surface area contributed by atoms with Gasteiger partial charge < -0.3 is 15.7 Å². The summed E-state index contributed by atoms with van der Waals surface area (Å²) in [7, 11) is 0. The lowest BCUT2D eigenvalue weighted by molar-refractivity contribution is -0.150. The van der Waals surface area contributed by atoms with E-state index in [1.54, 1.807) is 4.90 Å². The molecule has 5 heteroatoms. The predicted octanol–water partition coefficient (Wildman–Crippen LogP) is 2.00. The summed E-state index contributed by atoms with van der Waals surface area (Å²) in [5.41, 5.74) is 4.76. The number of carboxylic acid groups (broad SMARTS) is 1. The fraction of sp³-hybridized carbons (Fsp3) is 0.875. The maximum absolute atomic E-state index is 12.9. The maximum Gasteiger partial charge on any atom is 0.311 e. The van der Waals surface area contributed by atoms with Crippen molar-refractivity contribution in [1.29, 1.82) is 0 Å². The quantitative estimate of drug-likeness (QED) is 0.812. The van der Waals surface area contributed by atoms with Crippen molar-refractivity contribution in [2.45, 2.75) is 58.3 Å². The molecule has 1 heterocycles. The fourth-order valence-electron chi connectivity index (χ4n) is 4.08. The van der Waals surface area contributed by atoms with Crippen LogP contribution in [0.1, 0.15) is 58.3 Å². The Labute approximate surface area is 126 Å². The zero-order chi connectivity index (χ0) is 15.5.